The molecule has 0 aliphatic carbocycles. The quantitative estimate of drug-likeness (QED) is 0.522. The molecule has 2 aromatic rings. The molecule has 1 aromatic heterocycles. The molecule has 0 aliphatic heterocycles. The van der Waals surface area contributed by atoms with Gasteiger partial charge in [-0.05, 0) is 12.1 Å². The topological polar surface area (TPSA) is 33.1 Å². The molecule has 1 heterocycles. The molecular weight excluding hydrogens is 305 g/mol. The molecule has 1 aromatic carbocycles. The number of aliphatic hydroxyl groups is 1. The second kappa shape index (κ2) is 5.34. The second-order valence-corrected chi connectivity index (χ2v) is 4.14. The summed E-state index contributed by atoms with van der Waals surface area (Å²) in [6.45, 7) is -0.651. The van der Waals surface area contributed by atoms with Gasteiger partial charge in [0, 0.05) is 0 Å². The standard InChI is InChI=1S/C12H5ClF5NO/c13-4-1-2-5(19-6(4)3-20)7-8(14)10(16)12(18)11(17)9(7)15/h1-2,20H,3H2. The lowest BCUT2D eigenvalue weighted by atomic mass is 10.1. The molecule has 0 unspecified atom stereocenters. The molecule has 0 aliphatic rings. The summed E-state index contributed by atoms with van der Waals surface area (Å²) in [6.07, 6.45) is 0. The van der Waals surface area contributed by atoms with Crippen LogP contribution in [0, 0.1) is 29.1 Å². The Hall–Kier alpha value is -1.73. The van der Waals surface area contributed by atoms with Crippen molar-refractivity contribution < 1.29 is 27.1 Å². The van der Waals surface area contributed by atoms with Crippen LogP contribution in [-0.4, -0.2) is 10.1 Å². The van der Waals surface area contributed by atoms with Gasteiger partial charge in [0.15, 0.2) is 23.3 Å². The van der Waals surface area contributed by atoms with Gasteiger partial charge in [-0.15, -0.1) is 0 Å². The molecule has 0 atom stereocenters. The number of benzene rings is 1. The van der Waals surface area contributed by atoms with Crippen LogP contribution in [-0.2, 0) is 6.61 Å². The Kier molecular flexibility index (Phi) is 3.92. The fourth-order valence-electron chi connectivity index (χ4n) is 1.56. The van der Waals surface area contributed by atoms with E-state index in [9.17, 15) is 22.0 Å². The lowest BCUT2D eigenvalue weighted by Gasteiger charge is -2.09. The van der Waals surface area contributed by atoms with Gasteiger partial charge < -0.3 is 5.11 Å². The number of aromatic nitrogens is 1. The van der Waals surface area contributed by atoms with Crippen LogP contribution < -0.4 is 0 Å². The Labute approximate surface area is 114 Å². The van der Waals surface area contributed by atoms with Crippen LogP contribution in [0.15, 0.2) is 12.1 Å². The highest BCUT2D eigenvalue weighted by molar-refractivity contribution is 6.31. The van der Waals surface area contributed by atoms with Crippen molar-refractivity contribution in [2.45, 2.75) is 6.61 Å². The van der Waals surface area contributed by atoms with Crippen LogP contribution in [0.25, 0.3) is 11.3 Å². The molecule has 2 nitrogen and oxygen atoms in total. The molecule has 0 amide bonds. The first kappa shape index (κ1) is 14.7. The van der Waals surface area contributed by atoms with E-state index in [0.29, 0.717) is 0 Å². The number of hydrogen-bond donors (Lipinski definition) is 1. The summed E-state index contributed by atoms with van der Waals surface area (Å²) in [5.41, 5.74) is -1.84. The fraction of sp³-hybridized carbons (Fsp3) is 0.0833. The van der Waals surface area contributed by atoms with Gasteiger partial charge in [-0.3, -0.25) is 0 Å². The Bertz CT molecular complexity index is 663. The van der Waals surface area contributed by atoms with Crippen molar-refractivity contribution in [2.75, 3.05) is 0 Å². The van der Waals surface area contributed by atoms with E-state index in [-0.39, 0.29) is 10.7 Å². The van der Waals surface area contributed by atoms with Gasteiger partial charge >= 0.3 is 0 Å². The van der Waals surface area contributed by atoms with Crippen LogP contribution in [0.1, 0.15) is 5.69 Å². The second-order valence-electron chi connectivity index (χ2n) is 3.73. The van der Waals surface area contributed by atoms with Crippen LogP contribution in [0.4, 0.5) is 22.0 Å². The first-order chi connectivity index (χ1) is 9.38. The summed E-state index contributed by atoms with van der Waals surface area (Å²) in [7, 11) is 0. The molecule has 0 fully saturated rings. The van der Waals surface area contributed by atoms with Crippen molar-refractivity contribution in [3.8, 4) is 11.3 Å². The third kappa shape index (κ3) is 2.23. The van der Waals surface area contributed by atoms with E-state index in [1.165, 1.54) is 0 Å². The highest BCUT2D eigenvalue weighted by Crippen LogP contribution is 2.31. The molecule has 2 rings (SSSR count). The minimum atomic E-state index is -2.25. The average molecular weight is 310 g/mol. The highest BCUT2D eigenvalue weighted by Gasteiger charge is 2.27. The van der Waals surface area contributed by atoms with Gasteiger partial charge in [0.05, 0.1) is 28.6 Å². The Morgan fingerprint density at radius 1 is 0.900 bits per heavy atom. The molecule has 0 bridgehead atoms. The summed E-state index contributed by atoms with van der Waals surface area (Å²) < 4.78 is 66.2. The largest absolute Gasteiger partial charge is 0.390 e. The SMILES string of the molecule is OCc1nc(-c2c(F)c(F)c(F)c(F)c2F)ccc1Cl. The molecule has 0 saturated carbocycles. The normalized spacial score (nSPS) is 10.9. The van der Waals surface area contributed by atoms with Crippen molar-refractivity contribution in [3.63, 3.8) is 0 Å². The van der Waals surface area contributed by atoms with E-state index in [1.807, 2.05) is 0 Å². The summed E-state index contributed by atoms with van der Waals surface area (Å²) in [6, 6.07) is 2.12. The van der Waals surface area contributed by atoms with Crippen LogP contribution in [0.2, 0.25) is 5.02 Å². The fourth-order valence-corrected chi connectivity index (χ4v) is 1.73. The van der Waals surface area contributed by atoms with Crippen LogP contribution >= 0.6 is 11.6 Å². The molecule has 0 radical (unpaired) electrons. The van der Waals surface area contributed by atoms with Crippen molar-refractivity contribution in [1.82, 2.24) is 4.98 Å². The highest BCUT2D eigenvalue weighted by atomic mass is 35.5. The zero-order chi connectivity index (χ0) is 15.0. The number of nitrogens with zero attached hydrogens (tertiary/aromatic N) is 1. The Balaban J connectivity index is 2.76. The van der Waals surface area contributed by atoms with Gasteiger partial charge in [0.2, 0.25) is 5.82 Å². The third-order valence-electron chi connectivity index (χ3n) is 2.53. The van der Waals surface area contributed by atoms with Crippen molar-refractivity contribution in [2.24, 2.45) is 0 Å². The van der Waals surface area contributed by atoms with Crippen molar-refractivity contribution in [3.05, 3.63) is 51.9 Å². The van der Waals surface area contributed by atoms with E-state index in [2.05, 4.69) is 4.98 Å². The molecule has 0 spiro atoms. The third-order valence-corrected chi connectivity index (χ3v) is 2.88. The molecular formula is C12H5ClF5NO. The number of hydrogen-bond acceptors (Lipinski definition) is 2. The predicted molar refractivity (Wildman–Crippen MR) is 60.4 cm³/mol. The molecule has 8 heteroatoms. The maximum absolute atomic E-state index is 13.6. The van der Waals surface area contributed by atoms with Crippen LogP contribution in [0.3, 0.4) is 0 Å². The van der Waals surface area contributed by atoms with Crippen molar-refractivity contribution >= 4 is 11.6 Å². The van der Waals surface area contributed by atoms with Crippen LogP contribution in [0.5, 0.6) is 0 Å². The van der Waals surface area contributed by atoms with E-state index in [0.717, 1.165) is 12.1 Å². The van der Waals surface area contributed by atoms with Crippen molar-refractivity contribution in [1.29, 1.82) is 0 Å². The zero-order valence-electron chi connectivity index (χ0n) is 9.52. The minimum absolute atomic E-state index is 0.000113. The first-order valence-corrected chi connectivity index (χ1v) is 5.54. The zero-order valence-corrected chi connectivity index (χ0v) is 10.3. The van der Waals surface area contributed by atoms with Gasteiger partial charge in [0.25, 0.3) is 0 Å². The predicted octanol–water partition coefficient (Wildman–Crippen LogP) is 3.59. The van der Waals surface area contributed by atoms with Gasteiger partial charge in [-0.25, -0.2) is 26.9 Å². The lowest BCUT2D eigenvalue weighted by molar-refractivity contribution is 0.277. The summed E-state index contributed by atoms with van der Waals surface area (Å²) in [5.74, 6) is -10.4. The number of aliphatic hydroxyl groups excluding tert-OH is 1. The van der Waals surface area contributed by atoms with Gasteiger partial charge in [-0.2, -0.15) is 0 Å². The summed E-state index contributed by atoms with van der Waals surface area (Å²) in [5, 5.41) is 8.94. The first-order valence-electron chi connectivity index (χ1n) is 5.16. The molecule has 1 N–H and O–H groups in total. The number of pyridine rings is 1. The van der Waals surface area contributed by atoms with E-state index < -0.39 is 47.0 Å². The monoisotopic (exact) mass is 309 g/mol. The van der Waals surface area contributed by atoms with Gasteiger partial charge in [-0.1, -0.05) is 11.6 Å². The van der Waals surface area contributed by atoms with E-state index in [4.69, 9.17) is 16.7 Å². The number of rotatable bonds is 2. The molecule has 0 saturated heterocycles. The molecule has 106 valence electrons. The Morgan fingerprint density at radius 3 is 1.90 bits per heavy atom. The Morgan fingerprint density at radius 2 is 1.40 bits per heavy atom. The maximum atomic E-state index is 13.6. The lowest BCUT2D eigenvalue weighted by Crippen LogP contribution is -2.05. The maximum Gasteiger partial charge on any atom is 0.200 e. The average Bonchev–Trinajstić information content (AvgIpc) is 2.45. The van der Waals surface area contributed by atoms with Gasteiger partial charge in [0.1, 0.15) is 0 Å². The van der Waals surface area contributed by atoms with E-state index >= 15 is 0 Å². The van der Waals surface area contributed by atoms with E-state index in [1.54, 1.807) is 0 Å². The molecule has 20 heavy (non-hydrogen) atoms. The minimum Gasteiger partial charge on any atom is -0.390 e. The summed E-state index contributed by atoms with van der Waals surface area (Å²) >= 11 is 5.63. The smallest absolute Gasteiger partial charge is 0.200 e. The number of halogens is 6. The summed E-state index contributed by atoms with van der Waals surface area (Å²) in [4.78, 5) is 3.58.